The second-order valence-electron chi connectivity index (χ2n) is 3.59. The van der Waals surface area contributed by atoms with Gasteiger partial charge in [-0.15, -0.1) is 11.8 Å². The molecule has 88 valence electrons. The maximum Gasteiger partial charge on any atom is 0.228 e. The number of nitrogens with one attached hydrogen (secondary N) is 1. The molecule has 0 spiro atoms. The molecule has 17 heavy (non-hydrogen) atoms. The fourth-order valence-electron chi connectivity index (χ4n) is 1.48. The van der Waals surface area contributed by atoms with Crippen molar-refractivity contribution in [3.63, 3.8) is 0 Å². The second kappa shape index (κ2) is 5.89. The summed E-state index contributed by atoms with van der Waals surface area (Å²) in [4.78, 5) is 12.9. The van der Waals surface area contributed by atoms with Crippen LogP contribution in [-0.4, -0.2) is 12.2 Å². The van der Waals surface area contributed by atoms with Gasteiger partial charge in [-0.2, -0.15) is 11.3 Å². The van der Waals surface area contributed by atoms with E-state index >= 15 is 0 Å². The Hall–Kier alpha value is -1.26. The smallest absolute Gasteiger partial charge is 0.228 e. The van der Waals surface area contributed by atoms with Crippen molar-refractivity contribution in [1.82, 2.24) is 0 Å². The zero-order chi connectivity index (χ0) is 12.1. The van der Waals surface area contributed by atoms with Gasteiger partial charge in [0, 0.05) is 10.6 Å². The van der Waals surface area contributed by atoms with E-state index in [1.165, 1.54) is 0 Å². The molecule has 2 rings (SSSR count). The number of benzene rings is 1. The first kappa shape index (κ1) is 12.2. The van der Waals surface area contributed by atoms with Crippen LogP contribution in [-0.2, 0) is 11.2 Å². The summed E-state index contributed by atoms with van der Waals surface area (Å²) in [7, 11) is 0. The summed E-state index contributed by atoms with van der Waals surface area (Å²) in [5, 5.41) is 6.89. The number of amides is 1. The van der Waals surface area contributed by atoms with Gasteiger partial charge in [-0.05, 0) is 46.8 Å². The molecule has 0 saturated carbocycles. The number of rotatable bonds is 4. The van der Waals surface area contributed by atoms with Gasteiger partial charge in [-0.25, -0.2) is 0 Å². The first-order chi connectivity index (χ1) is 8.28. The van der Waals surface area contributed by atoms with Crippen molar-refractivity contribution in [2.45, 2.75) is 11.3 Å². The van der Waals surface area contributed by atoms with Crippen LogP contribution >= 0.6 is 23.1 Å². The molecule has 0 bridgehead atoms. The first-order valence-electron chi connectivity index (χ1n) is 5.23. The monoisotopic (exact) mass is 263 g/mol. The van der Waals surface area contributed by atoms with Crippen LogP contribution in [0.15, 0.2) is 46.0 Å². The molecule has 0 fully saturated rings. The third-order valence-corrected chi connectivity index (χ3v) is 3.76. The third-order valence-electron chi connectivity index (χ3n) is 2.30. The van der Waals surface area contributed by atoms with Gasteiger partial charge in [-0.3, -0.25) is 4.79 Å². The minimum absolute atomic E-state index is 0.0293. The molecule has 1 aromatic carbocycles. The molecular formula is C13H13NOS2. The number of hydrogen-bond donors (Lipinski definition) is 1. The lowest BCUT2D eigenvalue weighted by Gasteiger charge is -2.05. The van der Waals surface area contributed by atoms with Gasteiger partial charge < -0.3 is 5.32 Å². The number of hydrogen-bond acceptors (Lipinski definition) is 3. The van der Waals surface area contributed by atoms with Crippen molar-refractivity contribution < 1.29 is 4.79 Å². The fourth-order valence-corrected chi connectivity index (χ4v) is 2.61. The lowest BCUT2D eigenvalue weighted by atomic mass is 10.2. The van der Waals surface area contributed by atoms with Gasteiger partial charge in [0.2, 0.25) is 5.91 Å². The van der Waals surface area contributed by atoms with E-state index in [4.69, 9.17) is 0 Å². The number of carbonyl (C=O) groups is 1. The van der Waals surface area contributed by atoms with Crippen molar-refractivity contribution in [3.05, 3.63) is 46.7 Å². The van der Waals surface area contributed by atoms with Crippen molar-refractivity contribution in [1.29, 1.82) is 0 Å². The maximum atomic E-state index is 11.8. The summed E-state index contributed by atoms with van der Waals surface area (Å²) in [6.07, 6.45) is 2.46. The fraction of sp³-hybridized carbons (Fsp3) is 0.154. The number of anilines is 1. The van der Waals surface area contributed by atoms with Crippen LogP contribution in [0.1, 0.15) is 5.56 Å². The van der Waals surface area contributed by atoms with Crippen LogP contribution in [0.4, 0.5) is 5.69 Å². The van der Waals surface area contributed by atoms with Crippen LogP contribution in [0.5, 0.6) is 0 Å². The van der Waals surface area contributed by atoms with Crippen LogP contribution in [0.3, 0.4) is 0 Å². The molecule has 1 heterocycles. The average Bonchev–Trinajstić information content (AvgIpc) is 2.82. The molecule has 2 aromatic rings. The molecule has 0 saturated heterocycles. The molecule has 2 nitrogen and oxygen atoms in total. The Balaban J connectivity index is 1.98. The summed E-state index contributed by atoms with van der Waals surface area (Å²) in [6.45, 7) is 0. The van der Waals surface area contributed by atoms with Gasteiger partial charge in [0.05, 0.1) is 6.42 Å². The minimum Gasteiger partial charge on any atom is -0.326 e. The Labute approximate surface area is 109 Å². The minimum atomic E-state index is 0.0293. The van der Waals surface area contributed by atoms with Gasteiger partial charge in [0.15, 0.2) is 0 Å². The highest BCUT2D eigenvalue weighted by atomic mass is 32.2. The van der Waals surface area contributed by atoms with E-state index in [9.17, 15) is 4.79 Å². The average molecular weight is 263 g/mol. The topological polar surface area (TPSA) is 29.1 Å². The zero-order valence-corrected chi connectivity index (χ0v) is 11.1. The van der Waals surface area contributed by atoms with Gasteiger partial charge >= 0.3 is 0 Å². The first-order valence-corrected chi connectivity index (χ1v) is 7.39. The van der Waals surface area contributed by atoms with Crippen molar-refractivity contribution in [2.75, 3.05) is 11.6 Å². The van der Waals surface area contributed by atoms with Crippen LogP contribution < -0.4 is 5.32 Å². The molecule has 1 N–H and O–H groups in total. The SMILES string of the molecule is CSc1cccc(NC(=O)Cc2ccsc2)c1. The highest BCUT2D eigenvalue weighted by Crippen LogP contribution is 2.19. The van der Waals surface area contributed by atoms with Crippen LogP contribution in [0.25, 0.3) is 0 Å². The van der Waals surface area contributed by atoms with Crippen molar-refractivity contribution >= 4 is 34.7 Å². The molecule has 0 aliphatic rings. The van der Waals surface area contributed by atoms with E-state index < -0.39 is 0 Å². The van der Waals surface area contributed by atoms with E-state index in [0.717, 1.165) is 16.1 Å². The van der Waals surface area contributed by atoms with E-state index in [0.29, 0.717) is 6.42 Å². The molecule has 0 aliphatic carbocycles. The zero-order valence-electron chi connectivity index (χ0n) is 9.47. The molecule has 1 aromatic heterocycles. The number of carbonyl (C=O) groups excluding carboxylic acids is 1. The van der Waals surface area contributed by atoms with Gasteiger partial charge in [0.25, 0.3) is 0 Å². The van der Waals surface area contributed by atoms with Crippen molar-refractivity contribution in [3.8, 4) is 0 Å². The quantitative estimate of drug-likeness (QED) is 0.853. The predicted octanol–water partition coefficient (Wildman–Crippen LogP) is 3.65. The summed E-state index contributed by atoms with van der Waals surface area (Å²) in [5.74, 6) is 0.0293. The Morgan fingerprint density at radius 3 is 3.00 bits per heavy atom. The second-order valence-corrected chi connectivity index (χ2v) is 5.25. The number of thiophene rings is 1. The van der Waals surface area contributed by atoms with Gasteiger partial charge in [-0.1, -0.05) is 6.07 Å². The number of thioether (sulfide) groups is 1. The largest absolute Gasteiger partial charge is 0.326 e. The Bertz CT molecular complexity index is 494. The Kier molecular flexibility index (Phi) is 4.23. The Morgan fingerprint density at radius 1 is 1.41 bits per heavy atom. The Morgan fingerprint density at radius 2 is 2.29 bits per heavy atom. The summed E-state index contributed by atoms with van der Waals surface area (Å²) < 4.78 is 0. The standard InChI is InChI=1S/C13H13NOS2/c1-16-12-4-2-3-11(8-12)14-13(15)7-10-5-6-17-9-10/h2-6,8-9H,7H2,1H3,(H,14,15). The summed E-state index contributed by atoms with van der Waals surface area (Å²) in [5.41, 5.74) is 1.92. The molecule has 0 aliphatic heterocycles. The summed E-state index contributed by atoms with van der Waals surface area (Å²) in [6, 6.07) is 9.84. The molecular weight excluding hydrogens is 250 g/mol. The van der Waals surface area contributed by atoms with Crippen LogP contribution in [0.2, 0.25) is 0 Å². The normalized spacial score (nSPS) is 10.2. The third kappa shape index (κ3) is 3.61. The lowest BCUT2D eigenvalue weighted by molar-refractivity contribution is -0.115. The van der Waals surface area contributed by atoms with E-state index in [1.807, 2.05) is 47.3 Å². The predicted molar refractivity (Wildman–Crippen MR) is 74.9 cm³/mol. The highest BCUT2D eigenvalue weighted by Gasteiger charge is 2.04. The summed E-state index contributed by atoms with van der Waals surface area (Å²) >= 11 is 3.28. The van der Waals surface area contributed by atoms with E-state index in [1.54, 1.807) is 23.1 Å². The molecule has 0 atom stereocenters. The lowest BCUT2D eigenvalue weighted by Crippen LogP contribution is -2.13. The van der Waals surface area contributed by atoms with E-state index in [-0.39, 0.29) is 5.91 Å². The maximum absolute atomic E-state index is 11.8. The van der Waals surface area contributed by atoms with Gasteiger partial charge in [0.1, 0.15) is 0 Å². The van der Waals surface area contributed by atoms with Crippen molar-refractivity contribution in [2.24, 2.45) is 0 Å². The highest BCUT2D eigenvalue weighted by molar-refractivity contribution is 7.98. The molecule has 1 amide bonds. The molecule has 0 unspecified atom stereocenters. The molecule has 4 heteroatoms. The molecule has 0 radical (unpaired) electrons. The van der Waals surface area contributed by atoms with Crippen LogP contribution in [0, 0.1) is 0 Å². The van der Waals surface area contributed by atoms with E-state index in [2.05, 4.69) is 5.32 Å².